The van der Waals surface area contributed by atoms with Crippen molar-refractivity contribution in [1.82, 2.24) is 35.5 Å². The highest BCUT2D eigenvalue weighted by Crippen LogP contribution is 2.32. The number of aliphatic hydroxyl groups is 2. The molecule has 1 saturated heterocycles. The molecular formula is C31H39N9O6S. The van der Waals surface area contributed by atoms with Crippen LogP contribution >= 0.6 is 11.3 Å². The van der Waals surface area contributed by atoms with Crippen LogP contribution in [0.25, 0.3) is 11.2 Å². The van der Waals surface area contributed by atoms with Gasteiger partial charge in [-0.3, -0.25) is 19.0 Å². The fourth-order valence-corrected chi connectivity index (χ4v) is 5.86. The smallest absolute Gasteiger partial charge is 0.252 e. The van der Waals surface area contributed by atoms with Gasteiger partial charge in [0.2, 0.25) is 17.8 Å². The summed E-state index contributed by atoms with van der Waals surface area (Å²) in [5.74, 6) is -0.297. The zero-order chi connectivity index (χ0) is 33.3. The number of ether oxygens (including phenoxy) is 1. The topological polar surface area (TPSA) is 219 Å². The van der Waals surface area contributed by atoms with Crippen molar-refractivity contribution in [2.75, 3.05) is 37.2 Å². The number of aromatic nitrogens is 4. The number of amides is 3. The van der Waals surface area contributed by atoms with E-state index in [4.69, 9.17) is 10.5 Å². The molecule has 47 heavy (non-hydrogen) atoms. The van der Waals surface area contributed by atoms with E-state index >= 15 is 0 Å². The summed E-state index contributed by atoms with van der Waals surface area (Å²) in [4.78, 5) is 50.5. The van der Waals surface area contributed by atoms with E-state index in [1.165, 1.54) is 22.2 Å². The van der Waals surface area contributed by atoms with E-state index in [-0.39, 0.29) is 29.2 Å². The number of benzene rings is 1. The van der Waals surface area contributed by atoms with Crippen LogP contribution in [-0.4, -0.2) is 91.9 Å². The van der Waals surface area contributed by atoms with Crippen LogP contribution in [0, 0.1) is 0 Å². The van der Waals surface area contributed by atoms with Gasteiger partial charge in [-0.05, 0) is 42.3 Å². The lowest BCUT2D eigenvalue weighted by Crippen LogP contribution is -2.42. The van der Waals surface area contributed by atoms with Crippen molar-refractivity contribution in [2.45, 2.75) is 57.1 Å². The van der Waals surface area contributed by atoms with Crippen LogP contribution in [0.1, 0.15) is 35.6 Å². The summed E-state index contributed by atoms with van der Waals surface area (Å²) >= 11 is 1.54. The summed E-state index contributed by atoms with van der Waals surface area (Å²) in [6.07, 6.45) is -1.87. The fourth-order valence-electron chi connectivity index (χ4n) is 5.16. The van der Waals surface area contributed by atoms with Crippen LogP contribution < -0.4 is 27.0 Å². The Kier molecular flexibility index (Phi) is 11.3. The van der Waals surface area contributed by atoms with Gasteiger partial charge in [-0.25, -0.2) is 4.98 Å². The Hall–Kier alpha value is -4.64. The number of hydrogen-bond acceptors (Lipinski definition) is 12. The molecule has 0 radical (unpaired) electrons. The highest BCUT2D eigenvalue weighted by atomic mass is 32.1. The van der Waals surface area contributed by atoms with Crippen molar-refractivity contribution >= 4 is 52.0 Å². The molecule has 4 aromatic rings. The molecule has 0 saturated carbocycles. The van der Waals surface area contributed by atoms with Gasteiger partial charge in [0.15, 0.2) is 23.8 Å². The van der Waals surface area contributed by atoms with Gasteiger partial charge in [0, 0.05) is 37.5 Å². The van der Waals surface area contributed by atoms with Crippen molar-refractivity contribution in [3.05, 3.63) is 64.1 Å². The second-order valence-electron chi connectivity index (χ2n) is 11.0. The summed E-state index contributed by atoms with van der Waals surface area (Å²) in [7, 11) is 0. The molecule has 8 N–H and O–H groups in total. The molecule has 1 aliphatic rings. The largest absolute Gasteiger partial charge is 0.387 e. The van der Waals surface area contributed by atoms with Crippen molar-refractivity contribution in [2.24, 2.45) is 0 Å². The third kappa shape index (κ3) is 8.59. The fraction of sp³-hybridized carbons (Fsp3) is 0.419. The number of nitrogens with one attached hydrogen (secondary N) is 4. The van der Waals surface area contributed by atoms with E-state index in [1.54, 1.807) is 6.92 Å². The number of hydrogen-bond donors (Lipinski definition) is 7. The van der Waals surface area contributed by atoms with Crippen molar-refractivity contribution in [3.8, 4) is 0 Å². The molecule has 3 amide bonds. The average Bonchev–Trinajstić information content (AvgIpc) is 3.79. The predicted molar refractivity (Wildman–Crippen MR) is 175 cm³/mol. The van der Waals surface area contributed by atoms with Crippen LogP contribution in [-0.2, 0) is 38.4 Å². The maximum Gasteiger partial charge on any atom is 0.252 e. The van der Waals surface area contributed by atoms with E-state index in [2.05, 4.69) is 36.2 Å². The van der Waals surface area contributed by atoms with Crippen LogP contribution in [0.15, 0.2) is 48.1 Å². The first-order valence-electron chi connectivity index (χ1n) is 15.4. The standard InChI is InChI=1S/C31H39N9O6S/c1-2-33-29(45)26-24(43)25(44)30(46-26)40-17-37-23-27(32)38-31(39-28(23)40)36-12-11-19-7-5-18(6-8-19)9-10-21(41)34-13-14-35-22(42)16-20-4-3-15-47-20/h3-8,15,17,24-26,30,43-44H,2,9-14,16H2,1H3,(H,33,45)(H,34,41)(H,35,42)(H3,32,36,38,39). The maximum atomic E-state index is 12.3. The molecule has 0 aliphatic carbocycles. The molecule has 1 aromatic carbocycles. The Balaban J connectivity index is 1.06. The first-order chi connectivity index (χ1) is 22.7. The van der Waals surface area contributed by atoms with Crippen LogP contribution in [0.5, 0.6) is 0 Å². The molecule has 0 bridgehead atoms. The highest BCUT2D eigenvalue weighted by molar-refractivity contribution is 7.10. The molecular weight excluding hydrogens is 626 g/mol. The zero-order valence-corrected chi connectivity index (χ0v) is 26.7. The lowest BCUT2D eigenvalue weighted by atomic mass is 10.1. The number of nitrogens with zero attached hydrogens (tertiary/aromatic N) is 4. The molecule has 16 heteroatoms. The van der Waals surface area contributed by atoms with Crippen LogP contribution in [0.4, 0.5) is 11.8 Å². The quantitative estimate of drug-likeness (QED) is 0.0856. The number of rotatable bonds is 15. The molecule has 250 valence electrons. The number of carbonyl (C=O) groups is 3. The van der Waals surface area contributed by atoms with Gasteiger partial charge in [-0.2, -0.15) is 9.97 Å². The molecule has 3 aromatic heterocycles. The summed E-state index contributed by atoms with van der Waals surface area (Å²) < 4.78 is 7.14. The van der Waals surface area contributed by atoms with E-state index in [9.17, 15) is 24.6 Å². The summed E-state index contributed by atoms with van der Waals surface area (Å²) in [6, 6.07) is 11.8. The van der Waals surface area contributed by atoms with Gasteiger partial charge in [0.05, 0.1) is 12.7 Å². The number of fused-ring (bicyclic) bond motifs is 1. The van der Waals surface area contributed by atoms with E-state index in [1.807, 2.05) is 41.8 Å². The Bertz CT molecular complexity index is 1660. The number of aliphatic hydroxyl groups excluding tert-OH is 2. The number of carbonyl (C=O) groups excluding carboxylic acids is 3. The van der Waals surface area contributed by atoms with Gasteiger partial charge in [0.25, 0.3) is 5.91 Å². The number of likely N-dealkylation sites (N-methyl/N-ethyl adjacent to an activating group) is 1. The number of anilines is 2. The third-order valence-corrected chi connectivity index (χ3v) is 8.49. The van der Waals surface area contributed by atoms with Gasteiger partial charge >= 0.3 is 0 Å². The van der Waals surface area contributed by atoms with Gasteiger partial charge < -0.3 is 42.0 Å². The van der Waals surface area contributed by atoms with Gasteiger partial charge in [-0.15, -0.1) is 11.3 Å². The lowest BCUT2D eigenvalue weighted by Gasteiger charge is -2.16. The first-order valence-corrected chi connectivity index (χ1v) is 16.3. The average molecular weight is 666 g/mol. The normalized spacial score (nSPS) is 19.0. The SMILES string of the molecule is CCNC(=O)C1OC(n2cnc3c(N)nc(NCCc4ccc(CCC(=O)NCCNC(=O)Cc5cccs5)cc4)nc32)C(O)C1O. The van der Waals surface area contributed by atoms with Crippen LogP contribution in [0.3, 0.4) is 0 Å². The molecule has 0 spiro atoms. The van der Waals surface area contributed by atoms with Crippen molar-refractivity contribution < 1.29 is 29.3 Å². The second-order valence-corrected chi connectivity index (χ2v) is 12.1. The minimum absolute atomic E-state index is 0.0626. The number of aryl methyl sites for hydroxylation is 1. The molecule has 1 aliphatic heterocycles. The monoisotopic (exact) mass is 665 g/mol. The summed E-state index contributed by atoms with van der Waals surface area (Å²) in [5.41, 5.74) is 8.81. The lowest BCUT2D eigenvalue weighted by molar-refractivity contribution is -0.137. The Morgan fingerprint density at radius 2 is 1.68 bits per heavy atom. The zero-order valence-electron chi connectivity index (χ0n) is 25.9. The van der Waals surface area contributed by atoms with Gasteiger partial charge in [0.1, 0.15) is 17.7 Å². The number of imidazole rings is 1. The number of thiophene rings is 1. The molecule has 5 rings (SSSR count). The summed E-state index contributed by atoms with van der Waals surface area (Å²) in [6.45, 7) is 3.35. The first kappa shape index (κ1) is 33.7. The van der Waals surface area contributed by atoms with Crippen molar-refractivity contribution in [3.63, 3.8) is 0 Å². The predicted octanol–water partition coefficient (Wildman–Crippen LogP) is 0.288. The minimum atomic E-state index is -1.43. The molecule has 15 nitrogen and oxygen atoms in total. The van der Waals surface area contributed by atoms with E-state index < -0.39 is 30.4 Å². The van der Waals surface area contributed by atoms with E-state index in [0.29, 0.717) is 57.4 Å². The Morgan fingerprint density at radius 3 is 2.38 bits per heavy atom. The second kappa shape index (κ2) is 15.8. The maximum absolute atomic E-state index is 12.3. The summed E-state index contributed by atoms with van der Waals surface area (Å²) in [5, 5.41) is 34.4. The highest BCUT2D eigenvalue weighted by Gasteiger charge is 2.47. The molecule has 4 heterocycles. The molecule has 4 unspecified atom stereocenters. The van der Waals surface area contributed by atoms with Gasteiger partial charge in [-0.1, -0.05) is 30.3 Å². The number of nitrogen functional groups attached to an aromatic ring is 1. The third-order valence-electron chi connectivity index (χ3n) is 7.61. The molecule has 1 fully saturated rings. The Morgan fingerprint density at radius 1 is 0.957 bits per heavy atom. The van der Waals surface area contributed by atoms with Crippen LogP contribution in [0.2, 0.25) is 0 Å². The Labute approximate surface area is 275 Å². The van der Waals surface area contributed by atoms with E-state index in [0.717, 1.165) is 16.0 Å². The molecule has 4 atom stereocenters. The van der Waals surface area contributed by atoms with Crippen molar-refractivity contribution in [1.29, 1.82) is 0 Å². The number of nitrogens with two attached hydrogens (primary N) is 1. The minimum Gasteiger partial charge on any atom is -0.387 e.